The minimum Gasteiger partial charge on any atom is -0.496 e. The molecule has 3 aromatic rings. The standard InChI is InChI=1S/C20H22N4O2/c1-13-6-7-14(11-17(13)26-3)20(25)24-10-8-15(12-24)18-22-16-5-4-9-21-19(16)23(18)2/h4-7,9,11,15H,8,10,12H2,1-3H3. The van der Waals surface area contributed by atoms with E-state index in [0.717, 1.165) is 41.3 Å². The number of imidazole rings is 1. The van der Waals surface area contributed by atoms with Crippen LogP contribution in [0.5, 0.6) is 5.75 Å². The van der Waals surface area contributed by atoms with Crippen LogP contribution in [0.15, 0.2) is 36.5 Å². The Kier molecular flexibility index (Phi) is 4.11. The van der Waals surface area contributed by atoms with E-state index in [0.29, 0.717) is 12.1 Å². The highest BCUT2D eigenvalue weighted by Gasteiger charge is 2.31. The van der Waals surface area contributed by atoms with E-state index in [9.17, 15) is 4.79 Å². The molecule has 1 aromatic carbocycles. The van der Waals surface area contributed by atoms with Crippen molar-refractivity contribution >= 4 is 17.1 Å². The van der Waals surface area contributed by atoms with Crippen molar-refractivity contribution < 1.29 is 9.53 Å². The number of aryl methyl sites for hydroxylation is 2. The molecular weight excluding hydrogens is 328 g/mol. The lowest BCUT2D eigenvalue weighted by Gasteiger charge is -2.17. The number of ether oxygens (including phenoxy) is 1. The predicted molar refractivity (Wildman–Crippen MR) is 99.5 cm³/mol. The molecule has 0 radical (unpaired) electrons. The number of amides is 1. The van der Waals surface area contributed by atoms with Gasteiger partial charge in [0.2, 0.25) is 0 Å². The summed E-state index contributed by atoms with van der Waals surface area (Å²) in [5.74, 6) is 2.01. The van der Waals surface area contributed by atoms with Gasteiger partial charge in [0.15, 0.2) is 5.65 Å². The first-order valence-electron chi connectivity index (χ1n) is 8.79. The average molecular weight is 350 g/mol. The molecule has 1 fully saturated rings. The van der Waals surface area contributed by atoms with Crippen molar-refractivity contribution in [1.82, 2.24) is 19.4 Å². The van der Waals surface area contributed by atoms with Crippen LogP contribution >= 0.6 is 0 Å². The van der Waals surface area contributed by atoms with Gasteiger partial charge in [-0.1, -0.05) is 6.07 Å². The van der Waals surface area contributed by atoms with E-state index >= 15 is 0 Å². The van der Waals surface area contributed by atoms with Crippen LogP contribution in [0, 0.1) is 6.92 Å². The van der Waals surface area contributed by atoms with Crippen LogP contribution in [0.4, 0.5) is 0 Å². The highest BCUT2D eigenvalue weighted by Crippen LogP contribution is 2.30. The van der Waals surface area contributed by atoms with E-state index in [1.807, 2.05) is 53.8 Å². The lowest BCUT2D eigenvalue weighted by molar-refractivity contribution is 0.0790. The SMILES string of the molecule is COc1cc(C(=O)N2CCC(c3nc4cccnc4n3C)C2)ccc1C. The van der Waals surface area contributed by atoms with Crippen molar-refractivity contribution in [3.05, 3.63) is 53.5 Å². The third-order valence-corrected chi connectivity index (χ3v) is 5.16. The van der Waals surface area contributed by atoms with Gasteiger partial charge < -0.3 is 14.2 Å². The zero-order valence-electron chi connectivity index (χ0n) is 15.3. The summed E-state index contributed by atoms with van der Waals surface area (Å²) in [6, 6.07) is 9.49. The highest BCUT2D eigenvalue weighted by atomic mass is 16.5. The zero-order chi connectivity index (χ0) is 18.3. The van der Waals surface area contributed by atoms with Crippen LogP contribution < -0.4 is 4.74 Å². The molecule has 0 saturated carbocycles. The van der Waals surface area contributed by atoms with Gasteiger partial charge in [-0.15, -0.1) is 0 Å². The monoisotopic (exact) mass is 350 g/mol. The number of nitrogens with zero attached hydrogens (tertiary/aromatic N) is 4. The first-order valence-corrected chi connectivity index (χ1v) is 8.79. The molecule has 1 unspecified atom stereocenters. The van der Waals surface area contributed by atoms with Gasteiger partial charge in [-0.05, 0) is 43.2 Å². The zero-order valence-corrected chi connectivity index (χ0v) is 15.3. The summed E-state index contributed by atoms with van der Waals surface area (Å²) in [4.78, 5) is 23.9. The van der Waals surface area contributed by atoms with E-state index in [1.165, 1.54) is 0 Å². The van der Waals surface area contributed by atoms with Crippen LogP contribution in [-0.4, -0.2) is 45.5 Å². The van der Waals surface area contributed by atoms with Crippen molar-refractivity contribution in [1.29, 1.82) is 0 Å². The maximum atomic E-state index is 12.9. The summed E-state index contributed by atoms with van der Waals surface area (Å²) in [6.45, 7) is 3.38. The molecule has 6 heteroatoms. The first-order chi connectivity index (χ1) is 12.6. The van der Waals surface area contributed by atoms with Crippen LogP contribution in [0.2, 0.25) is 0 Å². The summed E-state index contributed by atoms with van der Waals surface area (Å²) < 4.78 is 7.39. The Balaban J connectivity index is 1.56. The van der Waals surface area contributed by atoms with Gasteiger partial charge in [-0.25, -0.2) is 9.97 Å². The molecule has 26 heavy (non-hydrogen) atoms. The molecule has 0 bridgehead atoms. The Labute approximate surface area is 152 Å². The Morgan fingerprint density at radius 3 is 2.92 bits per heavy atom. The van der Waals surface area contributed by atoms with Gasteiger partial charge in [-0.3, -0.25) is 4.79 Å². The second-order valence-corrected chi connectivity index (χ2v) is 6.80. The topological polar surface area (TPSA) is 60.2 Å². The number of hydrogen-bond acceptors (Lipinski definition) is 4. The highest BCUT2D eigenvalue weighted by molar-refractivity contribution is 5.95. The molecule has 3 heterocycles. The van der Waals surface area contributed by atoms with E-state index < -0.39 is 0 Å². The number of methoxy groups -OCH3 is 1. The van der Waals surface area contributed by atoms with Gasteiger partial charge in [-0.2, -0.15) is 0 Å². The molecule has 0 aliphatic carbocycles. The molecule has 2 aromatic heterocycles. The quantitative estimate of drug-likeness (QED) is 0.729. The number of likely N-dealkylation sites (tertiary alicyclic amines) is 1. The Morgan fingerprint density at radius 1 is 1.31 bits per heavy atom. The number of aromatic nitrogens is 3. The molecule has 1 aliphatic heterocycles. The first kappa shape index (κ1) is 16.6. The normalized spacial score (nSPS) is 17.0. The largest absolute Gasteiger partial charge is 0.496 e. The molecule has 0 spiro atoms. The lowest BCUT2D eigenvalue weighted by Crippen LogP contribution is -2.28. The second-order valence-electron chi connectivity index (χ2n) is 6.80. The minimum absolute atomic E-state index is 0.0442. The van der Waals surface area contributed by atoms with Crippen LogP contribution in [0.1, 0.15) is 34.1 Å². The van der Waals surface area contributed by atoms with Gasteiger partial charge in [0.05, 0.1) is 7.11 Å². The second kappa shape index (κ2) is 6.44. The lowest BCUT2D eigenvalue weighted by atomic mass is 10.1. The molecule has 134 valence electrons. The third-order valence-electron chi connectivity index (χ3n) is 5.16. The van der Waals surface area contributed by atoms with Crippen molar-refractivity contribution in [3.8, 4) is 5.75 Å². The van der Waals surface area contributed by atoms with Crippen LogP contribution in [0.3, 0.4) is 0 Å². The summed E-state index contributed by atoms with van der Waals surface area (Å²) in [5, 5.41) is 0. The van der Waals surface area contributed by atoms with Crippen molar-refractivity contribution in [2.45, 2.75) is 19.3 Å². The molecule has 6 nitrogen and oxygen atoms in total. The van der Waals surface area contributed by atoms with Crippen LogP contribution in [-0.2, 0) is 7.05 Å². The number of carbonyl (C=O) groups excluding carboxylic acids is 1. The molecule has 0 N–H and O–H groups in total. The third kappa shape index (κ3) is 2.71. The summed E-state index contributed by atoms with van der Waals surface area (Å²) in [7, 11) is 3.62. The maximum Gasteiger partial charge on any atom is 0.254 e. The summed E-state index contributed by atoms with van der Waals surface area (Å²) in [6.07, 6.45) is 2.69. The van der Waals surface area contributed by atoms with E-state index in [1.54, 1.807) is 13.3 Å². The van der Waals surface area contributed by atoms with Crippen molar-refractivity contribution in [2.75, 3.05) is 20.2 Å². The molecule has 1 aliphatic rings. The fourth-order valence-corrected chi connectivity index (χ4v) is 3.70. The van der Waals surface area contributed by atoms with Crippen molar-refractivity contribution in [2.24, 2.45) is 7.05 Å². The molecule has 1 saturated heterocycles. The fraction of sp³-hybridized carbons (Fsp3) is 0.350. The van der Waals surface area contributed by atoms with Gasteiger partial charge in [0.25, 0.3) is 5.91 Å². The van der Waals surface area contributed by atoms with Crippen LogP contribution in [0.25, 0.3) is 11.2 Å². The average Bonchev–Trinajstić information content (AvgIpc) is 3.27. The number of carbonyl (C=O) groups is 1. The molecule has 1 atom stereocenters. The molecule has 1 amide bonds. The maximum absolute atomic E-state index is 12.9. The predicted octanol–water partition coefficient (Wildman–Crippen LogP) is 2.92. The summed E-state index contributed by atoms with van der Waals surface area (Å²) in [5.41, 5.74) is 3.48. The minimum atomic E-state index is 0.0442. The van der Waals surface area contributed by atoms with E-state index in [2.05, 4.69) is 4.98 Å². The Morgan fingerprint density at radius 2 is 2.15 bits per heavy atom. The fourth-order valence-electron chi connectivity index (χ4n) is 3.70. The Bertz CT molecular complexity index is 979. The Hall–Kier alpha value is -2.89. The van der Waals surface area contributed by atoms with Gasteiger partial charge in [0, 0.05) is 37.8 Å². The number of rotatable bonds is 3. The number of pyridine rings is 1. The van der Waals surface area contributed by atoms with E-state index in [4.69, 9.17) is 9.72 Å². The molecular formula is C20H22N4O2. The molecule has 4 rings (SSSR count). The smallest absolute Gasteiger partial charge is 0.254 e. The summed E-state index contributed by atoms with van der Waals surface area (Å²) >= 11 is 0. The number of benzene rings is 1. The van der Waals surface area contributed by atoms with Gasteiger partial charge in [0.1, 0.15) is 17.1 Å². The van der Waals surface area contributed by atoms with Crippen molar-refractivity contribution in [3.63, 3.8) is 0 Å². The van der Waals surface area contributed by atoms with E-state index in [-0.39, 0.29) is 11.8 Å². The number of hydrogen-bond donors (Lipinski definition) is 0. The van der Waals surface area contributed by atoms with Gasteiger partial charge >= 0.3 is 0 Å². The number of fused-ring (bicyclic) bond motifs is 1.